The molecule has 0 spiro atoms. The van der Waals surface area contributed by atoms with E-state index in [4.69, 9.17) is 0 Å². The van der Waals surface area contributed by atoms with Crippen molar-refractivity contribution in [1.82, 2.24) is 10.6 Å². The molecule has 1 aromatic rings. The third-order valence-corrected chi connectivity index (χ3v) is 3.17. The van der Waals surface area contributed by atoms with Crippen molar-refractivity contribution in [3.05, 3.63) is 23.8 Å². The van der Waals surface area contributed by atoms with Crippen LogP contribution in [0.1, 0.15) is 24.8 Å². The van der Waals surface area contributed by atoms with Gasteiger partial charge in [-0.1, -0.05) is 12.1 Å². The van der Waals surface area contributed by atoms with E-state index in [1.807, 2.05) is 0 Å². The van der Waals surface area contributed by atoms with Crippen LogP contribution >= 0.6 is 0 Å². The van der Waals surface area contributed by atoms with E-state index in [0.717, 1.165) is 25.8 Å². The van der Waals surface area contributed by atoms with E-state index in [1.54, 1.807) is 12.1 Å². The molecule has 1 atom stereocenters. The number of nitrogens with one attached hydrogen (secondary N) is 2. The van der Waals surface area contributed by atoms with Crippen LogP contribution in [0.25, 0.3) is 0 Å². The lowest BCUT2D eigenvalue weighted by Gasteiger charge is -2.15. The van der Waals surface area contributed by atoms with Gasteiger partial charge in [-0.15, -0.1) is 0 Å². The van der Waals surface area contributed by atoms with Crippen LogP contribution < -0.4 is 10.6 Å². The molecule has 1 aliphatic heterocycles. The van der Waals surface area contributed by atoms with Gasteiger partial charge in [-0.25, -0.2) is 0 Å². The van der Waals surface area contributed by atoms with E-state index in [2.05, 4.69) is 10.6 Å². The fraction of sp³-hybridized carbons (Fsp3) is 0.462. The Hall–Kier alpha value is -1.75. The Balaban J connectivity index is 1.98. The number of phenols is 2. The van der Waals surface area contributed by atoms with E-state index in [-0.39, 0.29) is 23.4 Å². The van der Waals surface area contributed by atoms with E-state index in [9.17, 15) is 15.0 Å². The molecule has 0 aliphatic carbocycles. The third-order valence-electron chi connectivity index (χ3n) is 3.17. The Morgan fingerprint density at radius 3 is 3.00 bits per heavy atom. The maximum Gasteiger partial charge on any atom is 0.237 e. The molecule has 0 bridgehead atoms. The summed E-state index contributed by atoms with van der Waals surface area (Å²) in [6.07, 6.45) is 2.80. The van der Waals surface area contributed by atoms with Crippen LogP contribution in [0.15, 0.2) is 18.2 Å². The molecule has 18 heavy (non-hydrogen) atoms. The Morgan fingerprint density at radius 2 is 2.17 bits per heavy atom. The second-order valence-corrected chi connectivity index (χ2v) is 4.51. The summed E-state index contributed by atoms with van der Waals surface area (Å²) in [4.78, 5) is 11.7. The molecule has 1 amide bonds. The number of hydrogen-bond acceptors (Lipinski definition) is 4. The van der Waals surface area contributed by atoms with Crippen molar-refractivity contribution in [1.29, 1.82) is 0 Å². The van der Waals surface area contributed by atoms with Gasteiger partial charge in [-0.05, 0) is 25.3 Å². The maximum absolute atomic E-state index is 11.7. The molecule has 1 fully saturated rings. The lowest BCUT2D eigenvalue weighted by atomic mass is 10.1. The predicted octanol–water partition coefficient (Wildman–Crippen LogP) is 0.856. The number of amides is 1. The van der Waals surface area contributed by atoms with Crippen molar-refractivity contribution in [2.24, 2.45) is 0 Å². The summed E-state index contributed by atoms with van der Waals surface area (Å²) in [5.74, 6) is -0.259. The average molecular weight is 250 g/mol. The standard InChI is InChI=1S/C13H18N2O3/c16-11-6-3-4-9(12(11)17)8-15-10-5-1-2-7-14-13(10)18/h3-4,6,10,15-17H,1-2,5,7-8H2,(H,14,18). The minimum Gasteiger partial charge on any atom is -0.504 e. The number of rotatable bonds is 3. The van der Waals surface area contributed by atoms with E-state index < -0.39 is 0 Å². The van der Waals surface area contributed by atoms with Crippen molar-refractivity contribution in [3.8, 4) is 11.5 Å². The van der Waals surface area contributed by atoms with Gasteiger partial charge in [0.15, 0.2) is 11.5 Å². The topological polar surface area (TPSA) is 81.6 Å². The maximum atomic E-state index is 11.7. The smallest absolute Gasteiger partial charge is 0.237 e. The van der Waals surface area contributed by atoms with E-state index in [0.29, 0.717) is 12.1 Å². The molecule has 1 heterocycles. The molecule has 98 valence electrons. The van der Waals surface area contributed by atoms with Crippen LogP contribution in [-0.2, 0) is 11.3 Å². The number of carbonyl (C=O) groups is 1. The second kappa shape index (κ2) is 5.73. The summed E-state index contributed by atoms with van der Waals surface area (Å²) in [5.41, 5.74) is 0.590. The first-order valence-electron chi connectivity index (χ1n) is 6.19. The van der Waals surface area contributed by atoms with Crippen molar-refractivity contribution in [2.45, 2.75) is 31.8 Å². The van der Waals surface area contributed by atoms with Crippen molar-refractivity contribution in [2.75, 3.05) is 6.54 Å². The molecule has 0 aromatic heterocycles. The van der Waals surface area contributed by atoms with Crippen LogP contribution in [0.3, 0.4) is 0 Å². The zero-order valence-corrected chi connectivity index (χ0v) is 10.1. The SMILES string of the molecule is O=C1NCCCCC1NCc1cccc(O)c1O. The number of carbonyl (C=O) groups excluding carboxylic acids is 1. The molecular weight excluding hydrogens is 232 g/mol. The van der Waals surface area contributed by atoms with Crippen LogP contribution in [0.5, 0.6) is 11.5 Å². The highest BCUT2D eigenvalue weighted by Crippen LogP contribution is 2.28. The van der Waals surface area contributed by atoms with Gasteiger partial charge in [0.1, 0.15) is 0 Å². The third kappa shape index (κ3) is 2.92. The molecule has 2 rings (SSSR count). The van der Waals surface area contributed by atoms with E-state index >= 15 is 0 Å². The Bertz CT molecular complexity index is 434. The minimum absolute atomic E-state index is 0.00661. The molecule has 5 heteroatoms. The first-order chi connectivity index (χ1) is 8.68. The summed E-state index contributed by atoms with van der Waals surface area (Å²) in [5, 5.41) is 25.0. The zero-order valence-electron chi connectivity index (χ0n) is 10.1. The Kier molecular flexibility index (Phi) is 4.04. The fourth-order valence-electron chi connectivity index (χ4n) is 2.09. The number of benzene rings is 1. The second-order valence-electron chi connectivity index (χ2n) is 4.51. The van der Waals surface area contributed by atoms with Gasteiger partial charge in [-0.3, -0.25) is 4.79 Å². The lowest BCUT2D eigenvalue weighted by molar-refractivity contribution is -0.122. The molecule has 0 radical (unpaired) electrons. The summed E-state index contributed by atoms with van der Waals surface area (Å²) in [6, 6.07) is 4.59. The predicted molar refractivity (Wildman–Crippen MR) is 67.3 cm³/mol. The van der Waals surface area contributed by atoms with Crippen molar-refractivity contribution >= 4 is 5.91 Å². The van der Waals surface area contributed by atoms with Gasteiger partial charge in [0.05, 0.1) is 6.04 Å². The lowest BCUT2D eigenvalue weighted by Crippen LogP contribution is -2.42. The minimum atomic E-state index is -0.228. The molecule has 4 N–H and O–H groups in total. The zero-order chi connectivity index (χ0) is 13.0. The van der Waals surface area contributed by atoms with Crippen molar-refractivity contribution < 1.29 is 15.0 Å². The number of aromatic hydroxyl groups is 2. The van der Waals surface area contributed by atoms with Gasteiger partial charge < -0.3 is 20.8 Å². The van der Waals surface area contributed by atoms with Crippen molar-refractivity contribution in [3.63, 3.8) is 0 Å². The largest absolute Gasteiger partial charge is 0.504 e. The summed E-state index contributed by atoms with van der Waals surface area (Å²) in [7, 11) is 0. The van der Waals surface area contributed by atoms with Crippen LogP contribution in [0.4, 0.5) is 0 Å². The van der Waals surface area contributed by atoms with Crippen LogP contribution in [-0.4, -0.2) is 28.7 Å². The highest BCUT2D eigenvalue weighted by molar-refractivity contribution is 5.81. The van der Waals surface area contributed by atoms with Gasteiger partial charge in [0.25, 0.3) is 0 Å². The molecule has 0 saturated carbocycles. The molecular formula is C13H18N2O3. The molecule has 5 nitrogen and oxygen atoms in total. The van der Waals surface area contributed by atoms with Gasteiger partial charge in [0.2, 0.25) is 5.91 Å². The van der Waals surface area contributed by atoms with Gasteiger partial charge in [0, 0.05) is 18.7 Å². The quantitative estimate of drug-likeness (QED) is 0.600. The Morgan fingerprint density at radius 1 is 1.33 bits per heavy atom. The monoisotopic (exact) mass is 250 g/mol. The van der Waals surface area contributed by atoms with Gasteiger partial charge >= 0.3 is 0 Å². The summed E-state index contributed by atoms with van der Waals surface area (Å²) >= 11 is 0. The van der Waals surface area contributed by atoms with E-state index in [1.165, 1.54) is 6.07 Å². The van der Waals surface area contributed by atoms with Crippen LogP contribution in [0, 0.1) is 0 Å². The summed E-state index contributed by atoms with van der Waals surface area (Å²) in [6.45, 7) is 1.09. The average Bonchev–Trinajstić information content (AvgIpc) is 2.56. The fourth-order valence-corrected chi connectivity index (χ4v) is 2.09. The molecule has 1 saturated heterocycles. The first kappa shape index (κ1) is 12.7. The highest BCUT2D eigenvalue weighted by Gasteiger charge is 2.20. The normalized spacial score (nSPS) is 20.2. The first-order valence-corrected chi connectivity index (χ1v) is 6.19. The number of hydrogen-bond donors (Lipinski definition) is 4. The van der Waals surface area contributed by atoms with Gasteiger partial charge in [-0.2, -0.15) is 0 Å². The molecule has 1 unspecified atom stereocenters. The molecule has 1 aliphatic rings. The highest BCUT2D eigenvalue weighted by atomic mass is 16.3. The van der Waals surface area contributed by atoms with Crippen LogP contribution in [0.2, 0.25) is 0 Å². The number of para-hydroxylation sites is 1. The Labute approximate surface area is 106 Å². The molecule has 1 aromatic carbocycles. The summed E-state index contributed by atoms with van der Waals surface area (Å²) < 4.78 is 0. The number of phenolic OH excluding ortho intramolecular Hbond substituents is 2.